The molecule has 0 aliphatic carbocycles. The van der Waals surface area contributed by atoms with Crippen molar-refractivity contribution in [2.24, 2.45) is 0 Å². The fourth-order valence-electron chi connectivity index (χ4n) is 2.32. The topological polar surface area (TPSA) is 67.4 Å². The predicted octanol–water partition coefficient (Wildman–Crippen LogP) is 2.88. The van der Waals surface area contributed by atoms with Crippen LogP contribution in [0.1, 0.15) is 11.4 Å². The SMILES string of the molecule is COc1ccc(Cc2nc3ccc(O)cc3[nH]2)cc1OC. The molecule has 0 unspecified atom stereocenters. The van der Waals surface area contributed by atoms with E-state index in [0.29, 0.717) is 17.9 Å². The van der Waals surface area contributed by atoms with Gasteiger partial charge in [0, 0.05) is 12.5 Å². The summed E-state index contributed by atoms with van der Waals surface area (Å²) in [5, 5.41) is 9.48. The zero-order valence-corrected chi connectivity index (χ0v) is 11.9. The van der Waals surface area contributed by atoms with Gasteiger partial charge in [-0.25, -0.2) is 4.98 Å². The van der Waals surface area contributed by atoms with Gasteiger partial charge in [-0.15, -0.1) is 0 Å². The van der Waals surface area contributed by atoms with Gasteiger partial charge in [-0.3, -0.25) is 0 Å². The normalized spacial score (nSPS) is 10.8. The van der Waals surface area contributed by atoms with Crippen molar-refractivity contribution in [2.75, 3.05) is 14.2 Å². The van der Waals surface area contributed by atoms with Gasteiger partial charge in [0.2, 0.25) is 0 Å². The number of aromatic nitrogens is 2. The largest absolute Gasteiger partial charge is 0.508 e. The number of nitrogens with one attached hydrogen (secondary N) is 1. The van der Waals surface area contributed by atoms with Crippen LogP contribution < -0.4 is 9.47 Å². The number of fused-ring (bicyclic) bond motifs is 1. The molecule has 0 bridgehead atoms. The number of phenols is 1. The number of methoxy groups -OCH3 is 2. The molecule has 1 aromatic heterocycles. The van der Waals surface area contributed by atoms with Gasteiger partial charge in [-0.05, 0) is 29.8 Å². The van der Waals surface area contributed by atoms with Gasteiger partial charge < -0.3 is 19.6 Å². The van der Waals surface area contributed by atoms with Crippen molar-refractivity contribution < 1.29 is 14.6 Å². The summed E-state index contributed by atoms with van der Waals surface area (Å²) in [5.74, 6) is 2.46. The average Bonchev–Trinajstić information content (AvgIpc) is 2.88. The van der Waals surface area contributed by atoms with E-state index in [4.69, 9.17) is 9.47 Å². The van der Waals surface area contributed by atoms with Crippen LogP contribution in [0.3, 0.4) is 0 Å². The van der Waals surface area contributed by atoms with Crippen LogP contribution in [0.15, 0.2) is 36.4 Å². The highest BCUT2D eigenvalue weighted by Crippen LogP contribution is 2.28. The predicted molar refractivity (Wildman–Crippen MR) is 80.1 cm³/mol. The molecule has 3 aromatic rings. The highest BCUT2D eigenvalue weighted by atomic mass is 16.5. The summed E-state index contributed by atoms with van der Waals surface area (Å²) in [7, 11) is 3.23. The van der Waals surface area contributed by atoms with E-state index in [9.17, 15) is 5.11 Å². The first-order valence-electron chi connectivity index (χ1n) is 6.58. The summed E-state index contributed by atoms with van der Waals surface area (Å²) in [6, 6.07) is 10.9. The molecule has 1 heterocycles. The maximum Gasteiger partial charge on any atom is 0.161 e. The number of hydrogen-bond acceptors (Lipinski definition) is 4. The van der Waals surface area contributed by atoms with Crippen molar-refractivity contribution in [2.45, 2.75) is 6.42 Å². The number of imidazole rings is 1. The second kappa shape index (κ2) is 5.36. The lowest BCUT2D eigenvalue weighted by molar-refractivity contribution is 0.354. The van der Waals surface area contributed by atoms with E-state index in [-0.39, 0.29) is 5.75 Å². The summed E-state index contributed by atoms with van der Waals surface area (Å²) in [5.41, 5.74) is 2.73. The van der Waals surface area contributed by atoms with Gasteiger partial charge in [0.15, 0.2) is 11.5 Å². The second-order valence-corrected chi connectivity index (χ2v) is 4.75. The molecular formula is C16H16N2O3. The number of hydrogen-bond donors (Lipinski definition) is 2. The Morgan fingerprint density at radius 1 is 1.05 bits per heavy atom. The Morgan fingerprint density at radius 2 is 1.86 bits per heavy atom. The summed E-state index contributed by atoms with van der Waals surface area (Å²) in [4.78, 5) is 7.72. The molecule has 0 amide bonds. The van der Waals surface area contributed by atoms with Crippen molar-refractivity contribution >= 4 is 11.0 Å². The van der Waals surface area contributed by atoms with Crippen LogP contribution in [0.25, 0.3) is 11.0 Å². The highest BCUT2D eigenvalue weighted by Gasteiger charge is 2.08. The number of H-pyrrole nitrogens is 1. The maximum atomic E-state index is 9.48. The van der Waals surface area contributed by atoms with Crippen molar-refractivity contribution in [3.63, 3.8) is 0 Å². The Hall–Kier alpha value is -2.69. The molecule has 21 heavy (non-hydrogen) atoms. The number of benzene rings is 2. The monoisotopic (exact) mass is 284 g/mol. The number of aromatic amines is 1. The van der Waals surface area contributed by atoms with Crippen LogP contribution in [0.5, 0.6) is 17.2 Å². The number of aromatic hydroxyl groups is 1. The molecule has 0 aliphatic rings. The fourth-order valence-corrected chi connectivity index (χ4v) is 2.32. The van der Waals surface area contributed by atoms with Crippen LogP contribution >= 0.6 is 0 Å². The quantitative estimate of drug-likeness (QED) is 0.773. The minimum absolute atomic E-state index is 0.226. The minimum Gasteiger partial charge on any atom is -0.508 e. The molecular weight excluding hydrogens is 268 g/mol. The third kappa shape index (κ3) is 2.63. The fraction of sp³-hybridized carbons (Fsp3) is 0.188. The average molecular weight is 284 g/mol. The second-order valence-electron chi connectivity index (χ2n) is 4.75. The molecule has 2 aromatic carbocycles. The first-order valence-corrected chi connectivity index (χ1v) is 6.58. The van der Waals surface area contributed by atoms with Crippen molar-refractivity contribution in [3.8, 4) is 17.2 Å². The molecule has 0 atom stereocenters. The summed E-state index contributed by atoms with van der Waals surface area (Å²) >= 11 is 0. The van der Waals surface area contributed by atoms with Crippen molar-refractivity contribution in [3.05, 3.63) is 47.8 Å². The molecule has 2 N–H and O–H groups in total. The molecule has 0 aliphatic heterocycles. The number of phenolic OH excluding ortho intramolecular Hbond substituents is 1. The van der Waals surface area contributed by atoms with E-state index in [1.807, 2.05) is 18.2 Å². The van der Waals surface area contributed by atoms with E-state index in [0.717, 1.165) is 22.4 Å². The third-order valence-electron chi connectivity index (χ3n) is 3.33. The molecule has 0 saturated heterocycles. The van der Waals surface area contributed by atoms with Crippen LogP contribution in [0, 0.1) is 0 Å². The zero-order valence-electron chi connectivity index (χ0n) is 11.9. The number of ether oxygens (including phenoxy) is 2. The van der Waals surface area contributed by atoms with Gasteiger partial charge in [0.05, 0.1) is 25.3 Å². The molecule has 3 rings (SSSR count). The molecule has 0 spiro atoms. The third-order valence-corrected chi connectivity index (χ3v) is 3.33. The van der Waals surface area contributed by atoms with Gasteiger partial charge in [0.25, 0.3) is 0 Å². The lowest BCUT2D eigenvalue weighted by Gasteiger charge is -2.08. The Kier molecular flexibility index (Phi) is 3.39. The minimum atomic E-state index is 0.226. The molecule has 108 valence electrons. The van der Waals surface area contributed by atoms with Gasteiger partial charge in [-0.2, -0.15) is 0 Å². The van der Waals surface area contributed by atoms with Crippen LogP contribution in [0.4, 0.5) is 0 Å². The van der Waals surface area contributed by atoms with Crippen LogP contribution in [-0.4, -0.2) is 29.3 Å². The molecule has 0 fully saturated rings. The summed E-state index contributed by atoms with van der Waals surface area (Å²) in [6.07, 6.45) is 0.649. The first kappa shape index (κ1) is 13.3. The number of nitrogens with zero attached hydrogens (tertiary/aromatic N) is 1. The maximum absolute atomic E-state index is 9.48. The molecule has 0 radical (unpaired) electrons. The van der Waals surface area contributed by atoms with Crippen molar-refractivity contribution in [1.82, 2.24) is 9.97 Å². The van der Waals surface area contributed by atoms with Crippen LogP contribution in [-0.2, 0) is 6.42 Å². The molecule has 5 nitrogen and oxygen atoms in total. The summed E-state index contributed by atoms with van der Waals surface area (Å²) in [6.45, 7) is 0. The summed E-state index contributed by atoms with van der Waals surface area (Å²) < 4.78 is 10.5. The van der Waals surface area contributed by atoms with E-state index in [1.54, 1.807) is 32.4 Å². The Balaban J connectivity index is 1.91. The van der Waals surface area contributed by atoms with Crippen LogP contribution in [0.2, 0.25) is 0 Å². The first-order chi connectivity index (χ1) is 10.2. The zero-order chi connectivity index (χ0) is 14.8. The highest BCUT2D eigenvalue weighted by molar-refractivity contribution is 5.76. The van der Waals surface area contributed by atoms with E-state index in [2.05, 4.69) is 9.97 Å². The van der Waals surface area contributed by atoms with E-state index < -0.39 is 0 Å². The van der Waals surface area contributed by atoms with Crippen molar-refractivity contribution in [1.29, 1.82) is 0 Å². The van der Waals surface area contributed by atoms with Gasteiger partial charge in [-0.1, -0.05) is 6.07 Å². The Morgan fingerprint density at radius 3 is 2.62 bits per heavy atom. The Labute approximate surface area is 122 Å². The molecule has 0 saturated carbocycles. The van der Waals surface area contributed by atoms with Gasteiger partial charge >= 0.3 is 0 Å². The van der Waals surface area contributed by atoms with E-state index in [1.165, 1.54) is 0 Å². The standard InChI is InChI=1S/C16H16N2O3/c1-20-14-6-3-10(7-15(14)21-2)8-16-17-12-5-4-11(19)9-13(12)18-16/h3-7,9,19H,8H2,1-2H3,(H,17,18). The molecule has 5 heteroatoms. The van der Waals surface area contributed by atoms with Gasteiger partial charge in [0.1, 0.15) is 11.6 Å². The lowest BCUT2D eigenvalue weighted by Crippen LogP contribution is -1.94. The number of rotatable bonds is 4. The van der Waals surface area contributed by atoms with E-state index >= 15 is 0 Å². The lowest BCUT2D eigenvalue weighted by atomic mass is 10.1. The smallest absolute Gasteiger partial charge is 0.161 e. The Bertz CT molecular complexity index is 780.